The average molecular weight is 298 g/mol. The van der Waals surface area contributed by atoms with Gasteiger partial charge >= 0.3 is 0 Å². The molecule has 0 aromatic heterocycles. The molecule has 0 unspecified atom stereocenters. The Hall–Kier alpha value is -0.540. The summed E-state index contributed by atoms with van der Waals surface area (Å²) in [6.45, 7) is 3.77. The minimum absolute atomic E-state index is 0.726. The van der Waals surface area contributed by atoms with Gasteiger partial charge in [-0.25, -0.2) is 0 Å². The highest BCUT2D eigenvalue weighted by Gasteiger charge is 2.13. The minimum atomic E-state index is 0.726. The molecule has 0 spiro atoms. The first-order valence-corrected chi connectivity index (χ1v) is 7.17. The van der Waals surface area contributed by atoms with E-state index in [-0.39, 0.29) is 0 Å². The number of ether oxygens (including phenoxy) is 1. The van der Waals surface area contributed by atoms with E-state index in [9.17, 15) is 0 Å². The lowest BCUT2D eigenvalue weighted by molar-refractivity contribution is 0.303. The molecule has 1 aliphatic rings. The molecule has 1 aliphatic carbocycles. The van der Waals surface area contributed by atoms with E-state index in [1.807, 2.05) is 12.1 Å². The molecule has 0 radical (unpaired) electrons. The number of hydrogen-bond donors (Lipinski definition) is 1. The lowest BCUT2D eigenvalue weighted by Crippen LogP contribution is -2.30. The molecule has 1 N–H and O–H groups in total. The summed E-state index contributed by atoms with van der Waals surface area (Å²) in [5.41, 5.74) is 1.18. The number of rotatable bonds is 5. The van der Waals surface area contributed by atoms with Gasteiger partial charge in [-0.1, -0.05) is 28.8 Å². The van der Waals surface area contributed by atoms with Crippen LogP contribution in [-0.4, -0.2) is 19.2 Å². The molecule has 3 heteroatoms. The predicted molar refractivity (Wildman–Crippen MR) is 74.6 cm³/mol. The third-order valence-electron chi connectivity index (χ3n) is 3.28. The van der Waals surface area contributed by atoms with Crippen molar-refractivity contribution in [2.24, 2.45) is 0 Å². The maximum absolute atomic E-state index is 5.77. The lowest BCUT2D eigenvalue weighted by Gasteiger charge is -2.13. The van der Waals surface area contributed by atoms with Crippen LogP contribution in [0.5, 0.6) is 5.75 Å². The van der Waals surface area contributed by atoms with Crippen molar-refractivity contribution in [2.45, 2.75) is 38.6 Å². The third kappa shape index (κ3) is 4.00. The maximum atomic E-state index is 5.77. The van der Waals surface area contributed by atoms with E-state index < -0.39 is 0 Å². The second-order valence-corrected chi connectivity index (χ2v) is 5.61. The Labute approximate surface area is 112 Å². The smallest absolute Gasteiger partial charge is 0.122 e. The van der Waals surface area contributed by atoms with Gasteiger partial charge in [0.1, 0.15) is 12.4 Å². The van der Waals surface area contributed by atoms with Crippen LogP contribution in [-0.2, 0) is 0 Å². The molecule has 2 rings (SSSR count). The lowest BCUT2D eigenvalue weighted by atomic mass is 10.2. The van der Waals surface area contributed by atoms with Crippen LogP contribution < -0.4 is 10.1 Å². The summed E-state index contributed by atoms with van der Waals surface area (Å²) < 4.78 is 6.87. The molecule has 2 nitrogen and oxygen atoms in total. The topological polar surface area (TPSA) is 21.3 Å². The Morgan fingerprint density at radius 2 is 2.12 bits per heavy atom. The Morgan fingerprint density at radius 1 is 1.35 bits per heavy atom. The van der Waals surface area contributed by atoms with Crippen LogP contribution in [0.3, 0.4) is 0 Å². The van der Waals surface area contributed by atoms with Crippen molar-refractivity contribution >= 4 is 15.9 Å². The molecular weight excluding hydrogens is 278 g/mol. The predicted octanol–water partition coefficient (Wildman–Crippen LogP) is 3.67. The zero-order valence-electron chi connectivity index (χ0n) is 10.3. The van der Waals surface area contributed by atoms with Gasteiger partial charge in [-0.15, -0.1) is 0 Å². The van der Waals surface area contributed by atoms with Crippen molar-refractivity contribution in [3.8, 4) is 5.75 Å². The molecule has 94 valence electrons. The molecule has 0 amide bonds. The van der Waals surface area contributed by atoms with Crippen molar-refractivity contribution < 1.29 is 4.74 Å². The van der Waals surface area contributed by atoms with Crippen LogP contribution in [0.15, 0.2) is 22.7 Å². The highest BCUT2D eigenvalue weighted by atomic mass is 79.9. The minimum Gasteiger partial charge on any atom is -0.492 e. The monoisotopic (exact) mass is 297 g/mol. The van der Waals surface area contributed by atoms with Crippen molar-refractivity contribution in [3.63, 3.8) is 0 Å². The summed E-state index contributed by atoms with van der Waals surface area (Å²) in [6.07, 6.45) is 5.42. The highest BCUT2D eigenvalue weighted by Crippen LogP contribution is 2.22. The Balaban J connectivity index is 1.70. The summed E-state index contributed by atoms with van der Waals surface area (Å²) in [5, 5.41) is 3.55. The molecule has 0 bridgehead atoms. The number of hydrogen-bond acceptors (Lipinski definition) is 2. The van der Waals surface area contributed by atoms with Gasteiger partial charge in [-0.05, 0) is 43.5 Å². The molecule has 0 saturated heterocycles. The first-order valence-electron chi connectivity index (χ1n) is 6.38. The van der Waals surface area contributed by atoms with Gasteiger partial charge in [0.2, 0.25) is 0 Å². The van der Waals surface area contributed by atoms with Gasteiger partial charge in [0.15, 0.2) is 0 Å². The van der Waals surface area contributed by atoms with Crippen molar-refractivity contribution in [2.75, 3.05) is 13.2 Å². The molecular formula is C14H20BrNO. The van der Waals surface area contributed by atoms with Crippen LogP contribution in [0.25, 0.3) is 0 Å². The van der Waals surface area contributed by atoms with E-state index in [0.717, 1.165) is 29.4 Å². The normalized spacial score (nSPS) is 16.4. The number of aryl methyl sites for hydroxylation is 1. The zero-order valence-corrected chi connectivity index (χ0v) is 11.9. The van der Waals surface area contributed by atoms with Crippen molar-refractivity contribution in [3.05, 3.63) is 28.2 Å². The van der Waals surface area contributed by atoms with Crippen molar-refractivity contribution in [1.29, 1.82) is 0 Å². The zero-order chi connectivity index (χ0) is 12.1. The largest absolute Gasteiger partial charge is 0.492 e. The van der Waals surface area contributed by atoms with E-state index in [1.165, 1.54) is 31.2 Å². The van der Waals surface area contributed by atoms with Gasteiger partial charge in [0.05, 0.1) is 0 Å². The van der Waals surface area contributed by atoms with Crippen LogP contribution in [0, 0.1) is 6.92 Å². The maximum Gasteiger partial charge on any atom is 0.122 e. The van der Waals surface area contributed by atoms with E-state index in [4.69, 9.17) is 4.74 Å². The summed E-state index contributed by atoms with van der Waals surface area (Å²) in [6, 6.07) is 6.85. The molecule has 17 heavy (non-hydrogen) atoms. The summed E-state index contributed by atoms with van der Waals surface area (Å²) in [7, 11) is 0. The van der Waals surface area contributed by atoms with Gasteiger partial charge in [0.25, 0.3) is 0 Å². The fourth-order valence-electron chi connectivity index (χ4n) is 2.33. The summed E-state index contributed by atoms with van der Waals surface area (Å²) in [4.78, 5) is 0. The average Bonchev–Trinajstić information content (AvgIpc) is 2.79. The molecule has 1 aromatic carbocycles. The molecule has 1 saturated carbocycles. The van der Waals surface area contributed by atoms with E-state index in [1.54, 1.807) is 0 Å². The molecule has 0 aliphatic heterocycles. The first-order chi connectivity index (χ1) is 8.25. The van der Waals surface area contributed by atoms with Crippen LogP contribution in [0.2, 0.25) is 0 Å². The summed E-state index contributed by atoms with van der Waals surface area (Å²) in [5.74, 6) is 0.987. The van der Waals surface area contributed by atoms with Gasteiger partial charge in [-0.2, -0.15) is 0 Å². The Kier molecular flexibility index (Phi) is 4.86. The number of halogens is 1. The molecule has 1 fully saturated rings. The van der Waals surface area contributed by atoms with E-state index in [2.05, 4.69) is 34.2 Å². The van der Waals surface area contributed by atoms with Crippen LogP contribution in [0.1, 0.15) is 31.2 Å². The molecule has 0 atom stereocenters. The second kappa shape index (κ2) is 6.41. The van der Waals surface area contributed by atoms with E-state index >= 15 is 0 Å². The quantitative estimate of drug-likeness (QED) is 0.838. The first kappa shape index (κ1) is 12.9. The third-order valence-corrected chi connectivity index (χ3v) is 3.78. The van der Waals surface area contributed by atoms with Crippen LogP contribution >= 0.6 is 15.9 Å². The van der Waals surface area contributed by atoms with E-state index in [0.29, 0.717) is 0 Å². The SMILES string of the molecule is Cc1cc(Br)ccc1OCCNC1CCCC1. The van der Waals surface area contributed by atoms with Gasteiger partial charge < -0.3 is 10.1 Å². The van der Waals surface area contributed by atoms with Gasteiger partial charge in [-0.3, -0.25) is 0 Å². The highest BCUT2D eigenvalue weighted by molar-refractivity contribution is 9.10. The number of nitrogens with one attached hydrogen (secondary N) is 1. The summed E-state index contributed by atoms with van der Waals surface area (Å²) >= 11 is 3.45. The standard InChI is InChI=1S/C14H20BrNO/c1-11-10-12(15)6-7-14(11)17-9-8-16-13-4-2-3-5-13/h6-7,10,13,16H,2-5,8-9H2,1H3. The number of benzene rings is 1. The fraction of sp³-hybridized carbons (Fsp3) is 0.571. The van der Waals surface area contributed by atoms with Crippen molar-refractivity contribution in [1.82, 2.24) is 5.32 Å². The fourth-order valence-corrected chi connectivity index (χ4v) is 2.80. The Morgan fingerprint density at radius 3 is 2.82 bits per heavy atom. The molecule has 0 heterocycles. The van der Waals surface area contributed by atoms with Gasteiger partial charge in [0, 0.05) is 17.1 Å². The second-order valence-electron chi connectivity index (χ2n) is 4.69. The molecule has 1 aromatic rings. The van der Waals surface area contributed by atoms with Crippen LogP contribution in [0.4, 0.5) is 0 Å². The Bertz CT molecular complexity index is 361.